The van der Waals surface area contributed by atoms with Crippen molar-refractivity contribution >= 4 is 28.4 Å². The molecule has 0 spiro atoms. The molecule has 0 amide bonds. The number of halogens is 3. The van der Waals surface area contributed by atoms with Crippen molar-refractivity contribution in [2.24, 2.45) is 0 Å². The zero-order valence-electron chi connectivity index (χ0n) is 15.5. The highest BCUT2D eigenvalue weighted by atomic mass is 19.4. The maximum atomic E-state index is 13.2. The first-order valence-electron chi connectivity index (χ1n) is 8.99. The van der Waals surface area contributed by atoms with Gasteiger partial charge >= 0.3 is 6.18 Å². The van der Waals surface area contributed by atoms with Crippen LogP contribution < -0.4 is 15.8 Å². The average Bonchev–Trinajstić information content (AvgIpc) is 2.67. The van der Waals surface area contributed by atoms with Crippen LogP contribution in [0.4, 0.5) is 30.6 Å². The number of nitrogens with zero attached hydrogens (tertiary/aromatic N) is 3. The van der Waals surface area contributed by atoms with Gasteiger partial charge in [0.05, 0.1) is 24.3 Å². The van der Waals surface area contributed by atoms with Crippen molar-refractivity contribution in [1.29, 1.82) is 0 Å². The standard InChI is InChI=1S/C19H18F3N5O2/c1-11-8-12(19(20,21)22)10-13(9-11)24-16-15-14(2-3-23-17(15)28)25-18(26-16)27-4-6-29-7-5-27/h2-3,8-10H,4-7H2,1H3,(H,23,28)(H,24,25,26). The van der Waals surface area contributed by atoms with Crippen molar-refractivity contribution < 1.29 is 17.9 Å². The molecule has 1 fully saturated rings. The molecule has 0 aliphatic carbocycles. The van der Waals surface area contributed by atoms with E-state index in [4.69, 9.17) is 4.74 Å². The third kappa shape index (κ3) is 4.02. The fourth-order valence-corrected chi connectivity index (χ4v) is 3.23. The van der Waals surface area contributed by atoms with Crippen LogP contribution in [0.25, 0.3) is 10.9 Å². The number of fused-ring (bicyclic) bond motifs is 1. The molecule has 0 atom stereocenters. The summed E-state index contributed by atoms with van der Waals surface area (Å²) in [5, 5.41) is 3.07. The Balaban J connectivity index is 1.82. The maximum absolute atomic E-state index is 13.2. The minimum absolute atomic E-state index is 0.150. The molecule has 1 aromatic carbocycles. The van der Waals surface area contributed by atoms with E-state index < -0.39 is 17.3 Å². The van der Waals surface area contributed by atoms with E-state index in [1.807, 2.05) is 4.90 Å². The number of rotatable bonds is 3. The number of aryl methyl sites for hydroxylation is 1. The quantitative estimate of drug-likeness (QED) is 0.696. The van der Waals surface area contributed by atoms with Crippen LogP contribution in [0.1, 0.15) is 11.1 Å². The summed E-state index contributed by atoms with van der Waals surface area (Å²) in [6, 6.07) is 5.25. The van der Waals surface area contributed by atoms with Crippen LogP contribution in [0.5, 0.6) is 0 Å². The third-order valence-electron chi connectivity index (χ3n) is 4.57. The number of morpholine rings is 1. The number of aromatic nitrogens is 3. The van der Waals surface area contributed by atoms with E-state index in [0.717, 1.165) is 12.1 Å². The topological polar surface area (TPSA) is 83.1 Å². The predicted octanol–water partition coefficient (Wildman–Crippen LogP) is 3.23. The average molecular weight is 405 g/mol. The van der Waals surface area contributed by atoms with Gasteiger partial charge in [-0.3, -0.25) is 4.79 Å². The summed E-state index contributed by atoms with van der Waals surface area (Å²) in [7, 11) is 0. The Morgan fingerprint density at radius 3 is 2.66 bits per heavy atom. The minimum atomic E-state index is -4.48. The van der Waals surface area contributed by atoms with Gasteiger partial charge in [0.2, 0.25) is 5.95 Å². The van der Waals surface area contributed by atoms with Crippen LogP contribution in [-0.4, -0.2) is 41.3 Å². The molecular weight excluding hydrogens is 387 g/mol. The molecule has 1 aliphatic heterocycles. The normalized spacial score (nSPS) is 15.0. The van der Waals surface area contributed by atoms with Gasteiger partial charge < -0.3 is 19.9 Å². The zero-order chi connectivity index (χ0) is 20.6. The van der Waals surface area contributed by atoms with E-state index in [2.05, 4.69) is 20.3 Å². The van der Waals surface area contributed by atoms with Crippen molar-refractivity contribution in [3.63, 3.8) is 0 Å². The molecule has 29 heavy (non-hydrogen) atoms. The Kier molecular flexibility index (Phi) is 4.87. The Morgan fingerprint density at radius 1 is 1.17 bits per heavy atom. The molecule has 2 N–H and O–H groups in total. The van der Waals surface area contributed by atoms with Crippen molar-refractivity contribution in [3.8, 4) is 0 Å². The molecule has 3 aromatic rings. The summed E-state index contributed by atoms with van der Waals surface area (Å²) < 4.78 is 44.9. The predicted molar refractivity (Wildman–Crippen MR) is 103 cm³/mol. The molecule has 0 bridgehead atoms. The van der Waals surface area contributed by atoms with Gasteiger partial charge in [-0.15, -0.1) is 0 Å². The van der Waals surface area contributed by atoms with E-state index in [1.165, 1.54) is 6.20 Å². The summed E-state index contributed by atoms with van der Waals surface area (Å²) in [6.45, 7) is 3.77. The summed E-state index contributed by atoms with van der Waals surface area (Å²) in [6.07, 6.45) is -3.01. The summed E-state index contributed by atoms with van der Waals surface area (Å²) in [4.78, 5) is 25.8. The molecule has 4 rings (SSSR count). The number of H-pyrrole nitrogens is 1. The van der Waals surface area contributed by atoms with Gasteiger partial charge in [-0.1, -0.05) is 0 Å². The van der Waals surface area contributed by atoms with Gasteiger partial charge in [0.15, 0.2) is 0 Å². The number of hydrogen-bond acceptors (Lipinski definition) is 6. The van der Waals surface area contributed by atoms with Crippen molar-refractivity contribution in [2.75, 3.05) is 36.5 Å². The Morgan fingerprint density at radius 2 is 1.93 bits per heavy atom. The molecule has 7 nitrogen and oxygen atoms in total. The lowest BCUT2D eigenvalue weighted by molar-refractivity contribution is -0.137. The van der Waals surface area contributed by atoms with Crippen LogP contribution in [0.3, 0.4) is 0 Å². The molecule has 152 valence electrons. The second-order valence-electron chi connectivity index (χ2n) is 6.75. The fraction of sp³-hybridized carbons (Fsp3) is 0.316. The van der Waals surface area contributed by atoms with Gasteiger partial charge in [0.25, 0.3) is 5.56 Å². The van der Waals surface area contributed by atoms with E-state index in [9.17, 15) is 18.0 Å². The van der Waals surface area contributed by atoms with Gasteiger partial charge in [-0.2, -0.15) is 18.2 Å². The zero-order valence-corrected chi connectivity index (χ0v) is 15.5. The van der Waals surface area contributed by atoms with Crippen LogP contribution in [0.2, 0.25) is 0 Å². The number of benzene rings is 1. The molecule has 1 aliphatic rings. The molecule has 0 unspecified atom stereocenters. The number of anilines is 3. The first-order valence-corrected chi connectivity index (χ1v) is 8.99. The first-order chi connectivity index (χ1) is 13.8. The second kappa shape index (κ2) is 7.36. The molecule has 3 heterocycles. The van der Waals surface area contributed by atoms with Gasteiger partial charge in [-0.25, -0.2) is 4.98 Å². The summed E-state index contributed by atoms with van der Waals surface area (Å²) in [5.74, 6) is 0.537. The Bertz CT molecular complexity index is 1110. The number of aromatic amines is 1. The fourth-order valence-electron chi connectivity index (χ4n) is 3.23. The highest BCUT2D eigenvalue weighted by Crippen LogP contribution is 2.33. The van der Waals surface area contributed by atoms with E-state index in [0.29, 0.717) is 43.3 Å². The summed E-state index contributed by atoms with van der Waals surface area (Å²) in [5.41, 5.74) is -0.184. The molecule has 0 saturated carbocycles. The third-order valence-corrected chi connectivity index (χ3v) is 4.57. The number of nitrogens with one attached hydrogen (secondary N) is 2. The lowest BCUT2D eigenvalue weighted by Crippen LogP contribution is -2.37. The van der Waals surface area contributed by atoms with Crippen LogP contribution in [0.15, 0.2) is 35.3 Å². The van der Waals surface area contributed by atoms with Crippen LogP contribution in [0, 0.1) is 6.92 Å². The lowest BCUT2D eigenvalue weighted by atomic mass is 10.1. The van der Waals surface area contributed by atoms with Gasteiger partial charge in [0, 0.05) is 25.0 Å². The van der Waals surface area contributed by atoms with Crippen LogP contribution in [-0.2, 0) is 10.9 Å². The monoisotopic (exact) mass is 405 g/mol. The molecule has 1 saturated heterocycles. The van der Waals surface area contributed by atoms with Gasteiger partial charge in [-0.05, 0) is 36.8 Å². The highest BCUT2D eigenvalue weighted by Gasteiger charge is 2.31. The van der Waals surface area contributed by atoms with Crippen molar-refractivity contribution in [2.45, 2.75) is 13.1 Å². The second-order valence-corrected chi connectivity index (χ2v) is 6.75. The SMILES string of the molecule is Cc1cc(Nc2nc(N3CCOCC3)nc3cc[nH]c(=O)c23)cc(C(F)(F)F)c1. The van der Waals surface area contributed by atoms with E-state index in [1.54, 1.807) is 19.1 Å². The Hall–Kier alpha value is -3.14. The highest BCUT2D eigenvalue weighted by molar-refractivity contribution is 5.91. The smallest absolute Gasteiger partial charge is 0.378 e. The number of ether oxygens (including phenoxy) is 1. The van der Waals surface area contributed by atoms with Crippen molar-refractivity contribution in [3.05, 3.63) is 51.9 Å². The Labute approximate surface area is 163 Å². The largest absolute Gasteiger partial charge is 0.416 e. The van der Waals surface area contributed by atoms with Crippen LogP contribution >= 0.6 is 0 Å². The number of pyridine rings is 1. The maximum Gasteiger partial charge on any atom is 0.416 e. The van der Waals surface area contributed by atoms with Crippen molar-refractivity contribution in [1.82, 2.24) is 15.0 Å². The first kappa shape index (κ1) is 19.2. The van der Waals surface area contributed by atoms with E-state index in [-0.39, 0.29) is 16.9 Å². The molecular formula is C19H18F3N5O2. The molecule has 10 heteroatoms. The van der Waals surface area contributed by atoms with E-state index >= 15 is 0 Å². The number of alkyl halides is 3. The summed E-state index contributed by atoms with van der Waals surface area (Å²) >= 11 is 0. The lowest BCUT2D eigenvalue weighted by Gasteiger charge is -2.27. The minimum Gasteiger partial charge on any atom is -0.378 e. The molecule has 0 radical (unpaired) electrons. The number of hydrogen-bond donors (Lipinski definition) is 2. The van der Waals surface area contributed by atoms with Gasteiger partial charge in [0.1, 0.15) is 11.2 Å². The molecule has 2 aromatic heterocycles.